The number of nitro benzene ring substituents is 1. The van der Waals surface area contributed by atoms with Crippen molar-refractivity contribution in [3.8, 4) is 5.69 Å². The first-order valence-electron chi connectivity index (χ1n) is 5.30. The number of nitrogens with zero attached hydrogens (tertiary/aromatic N) is 3. The van der Waals surface area contributed by atoms with Gasteiger partial charge < -0.3 is 0 Å². The molecule has 1 aromatic heterocycles. The lowest BCUT2D eigenvalue weighted by atomic mass is 10.3. The Morgan fingerprint density at radius 2 is 1.85 bits per heavy atom. The molecule has 0 spiro atoms. The summed E-state index contributed by atoms with van der Waals surface area (Å²) in [5.41, 5.74) is -1.62. The minimum absolute atomic E-state index is 0.110. The second-order valence-electron chi connectivity index (χ2n) is 3.84. The predicted molar refractivity (Wildman–Crippen MR) is 60.0 cm³/mol. The molecule has 0 N–H and O–H groups in total. The van der Waals surface area contributed by atoms with Gasteiger partial charge in [0.05, 0.1) is 16.3 Å². The van der Waals surface area contributed by atoms with Crippen LogP contribution in [0.2, 0.25) is 0 Å². The Balaban J connectivity index is 2.46. The number of rotatable bonds is 3. The summed E-state index contributed by atoms with van der Waals surface area (Å²) in [6.45, 7) is -1.14. The van der Waals surface area contributed by atoms with Crippen molar-refractivity contribution in [3.05, 3.63) is 51.8 Å². The van der Waals surface area contributed by atoms with Crippen molar-refractivity contribution in [1.29, 1.82) is 0 Å². The number of hydrogen-bond acceptors (Lipinski definition) is 3. The van der Waals surface area contributed by atoms with Gasteiger partial charge in [-0.05, 0) is 18.2 Å². The molecule has 5 nitrogen and oxygen atoms in total. The summed E-state index contributed by atoms with van der Waals surface area (Å²) in [5, 5.41) is 13.8. The summed E-state index contributed by atoms with van der Waals surface area (Å²) in [7, 11) is 0. The van der Waals surface area contributed by atoms with Crippen molar-refractivity contribution in [2.75, 3.05) is 0 Å². The topological polar surface area (TPSA) is 61.0 Å². The zero-order chi connectivity index (χ0) is 14.9. The van der Waals surface area contributed by atoms with E-state index in [1.165, 1.54) is 12.1 Å². The average molecular weight is 289 g/mol. The van der Waals surface area contributed by atoms with Gasteiger partial charge in [-0.2, -0.15) is 18.3 Å². The molecule has 2 aromatic rings. The zero-order valence-electron chi connectivity index (χ0n) is 9.76. The maximum absolute atomic E-state index is 12.7. The maximum atomic E-state index is 12.7. The molecule has 0 bridgehead atoms. The zero-order valence-corrected chi connectivity index (χ0v) is 9.76. The summed E-state index contributed by atoms with van der Waals surface area (Å²) in [6, 6.07) is 5.20. The molecule has 9 heteroatoms. The number of aromatic nitrogens is 2. The second-order valence-corrected chi connectivity index (χ2v) is 3.84. The Labute approximate surface area is 109 Å². The van der Waals surface area contributed by atoms with Crippen molar-refractivity contribution in [2.45, 2.75) is 12.9 Å². The van der Waals surface area contributed by atoms with Crippen molar-refractivity contribution < 1.29 is 22.5 Å². The molecule has 0 aliphatic rings. The molecule has 1 aromatic carbocycles. The number of halogens is 4. The summed E-state index contributed by atoms with van der Waals surface area (Å²) in [6.07, 6.45) is -4.68. The first kappa shape index (κ1) is 14.0. The van der Waals surface area contributed by atoms with Gasteiger partial charge in [0.25, 0.3) is 5.69 Å². The Kier molecular flexibility index (Phi) is 3.43. The Hall–Kier alpha value is -2.45. The predicted octanol–water partition coefficient (Wildman–Crippen LogP) is 3.27. The van der Waals surface area contributed by atoms with Gasteiger partial charge in [-0.3, -0.25) is 10.1 Å². The van der Waals surface area contributed by atoms with Gasteiger partial charge >= 0.3 is 6.18 Å². The molecule has 0 aliphatic carbocycles. The molecule has 2 rings (SSSR count). The van der Waals surface area contributed by atoms with E-state index in [-0.39, 0.29) is 17.1 Å². The molecule has 0 aliphatic heterocycles. The Morgan fingerprint density at radius 1 is 1.25 bits per heavy atom. The van der Waals surface area contributed by atoms with Crippen LogP contribution >= 0.6 is 0 Å². The van der Waals surface area contributed by atoms with Crippen LogP contribution in [-0.4, -0.2) is 14.7 Å². The number of alkyl halides is 4. The van der Waals surface area contributed by atoms with Gasteiger partial charge in [0, 0.05) is 12.1 Å². The van der Waals surface area contributed by atoms with Crippen LogP contribution in [0.25, 0.3) is 5.69 Å². The third-order valence-corrected chi connectivity index (χ3v) is 2.52. The van der Waals surface area contributed by atoms with Gasteiger partial charge in [0.1, 0.15) is 6.67 Å². The van der Waals surface area contributed by atoms with Crippen molar-refractivity contribution in [2.24, 2.45) is 0 Å². The van der Waals surface area contributed by atoms with Crippen molar-refractivity contribution in [3.63, 3.8) is 0 Å². The highest BCUT2D eigenvalue weighted by Crippen LogP contribution is 2.30. The van der Waals surface area contributed by atoms with Crippen LogP contribution in [0.1, 0.15) is 11.4 Å². The van der Waals surface area contributed by atoms with Gasteiger partial charge in [-0.1, -0.05) is 0 Å². The van der Waals surface area contributed by atoms with Gasteiger partial charge in [0.2, 0.25) is 0 Å². The van der Waals surface area contributed by atoms with E-state index >= 15 is 0 Å². The molecular formula is C11H7F4N3O2. The molecule has 0 radical (unpaired) electrons. The lowest BCUT2D eigenvalue weighted by molar-refractivity contribution is -0.384. The van der Waals surface area contributed by atoms with E-state index in [4.69, 9.17) is 0 Å². The SMILES string of the molecule is O=[N+]([O-])c1ccc(-n2nc(C(F)(F)F)cc2CF)cc1. The average Bonchev–Trinajstić information content (AvgIpc) is 2.82. The molecule has 0 saturated heterocycles. The van der Waals surface area contributed by atoms with Crippen molar-refractivity contribution >= 4 is 5.69 Å². The molecule has 20 heavy (non-hydrogen) atoms. The standard InChI is InChI=1S/C11H7F4N3O2/c12-6-9-5-10(11(13,14)15)16-17(9)7-1-3-8(4-2-7)18(19)20/h1-5H,6H2. The van der Waals surface area contributed by atoms with Crippen LogP contribution in [0.5, 0.6) is 0 Å². The Morgan fingerprint density at radius 3 is 2.30 bits per heavy atom. The number of benzene rings is 1. The maximum Gasteiger partial charge on any atom is 0.435 e. The summed E-state index contributed by atoms with van der Waals surface area (Å²) < 4.78 is 51.1. The molecule has 0 amide bonds. The van der Waals surface area contributed by atoms with E-state index in [9.17, 15) is 27.7 Å². The molecule has 0 saturated carbocycles. The van der Waals surface area contributed by atoms with Crippen LogP contribution in [-0.2, 0) is 12.9 Å². The largest absolute Gasteiger partial charge is 0.435 e. The minimum atomic E-state index is -4.68. The van der Waals surface area contributed by atoms with Crippen molar-refractivity contribution in [1.82, 2.24) is 9.78 Å². The summed E-state index contributed by atoms with van der Waals surface area (Å²) >= 11 is 0. The summed E-state index contributed by atoms with van der Waals surface area (Å²) in [4.78, 5) is 9.83. The smallest absolute Gasteiger partial charge is 0.258 e. The summed E-state index contributed by atoms with van der Waals surface area (Å²) in [5.74, 6) is 0. The quantitative estimate of drug-likeness (QED) is 0.495. The lowest BCUT2D eigenvalue weighted by Gasteiger charge is -2.04. The number of hydrogen-bond donors (Lipinski definition) is 0. The van der Waals surface area contributed by atoms with Gasteiger partial charge in [-0.25, -0.2) is 9.07 Å². The second kappa shape index (κ2) is 4.91. The van der Waals surface area contributed by atoms with Gasteiger partial charge in [0.15, 0.2) is 5.69 Å². The van der Waals surface area contributed by atoms with E-state index in [2.05, 4.69) is 5.10 Å². The third-order valence-electron chi connectivity index (χ3n) is 2.52. The molecule has 0 unspecified atom stereocenters. The third kappa shape index (κ3) is 2.60. The normalized spacial score (nSPS) is 11.6. The highest BCUT2D eigenvalue weighted by atomic mass is 19.4. The van der Waals surface area contributed by atoms with E-state index in [1.807, 2.05) is 0 Å². The van der Waals surface area contributed by atoms with Crippen LogP contribution in [0, 0.1) is 10.1 Å². The monoisotopic (exact) mass is 289 g/mol. The number of nitro groups is 1. The van der Waals surface area contributed by atoms with Gasteiger partial charge in [-0.15, -0.1) is 0 Å². The van der Waals surface area contributed by atoms with E-state index in [1.54, 1.807) is 0 Å². The Bertz CT molecular complexity index is 634. The molecule has 0 fully saturated rings. The molecule has 1 heterocycles. The fourth-order valence-electron chi connectivity index (χ4n) is 1.59. The molecule has 106 valence electrons. The van der Waals surface area contributed by atoms with E-state index < -0.39 is 23.5 Å². The van der Waals surface area contributed by atoms with Crippen LogP contribution in [0.4, 0.5) is 23.2 Å². The fraction of sp³-hybridized carbons (Fsp3) is 0.182. The van der Waals surface area contributed by atoms with Crippen LogP contribution in [0.15, 0.2) is 30.3 Å². The van der Waals surface area contributed by atoms with Crippen LogP contribution in [0.3, 0.4) is 0 Å². The first-order valence-corrected chi connectivity index (χ1v) is 5.30. The minimum Gasteiger partial charge on any atom is -0.258 e. The molecule has 0 atom stereocenters. The highest BCUT2D eigenvalue weighted by Gasteiger charge is 2.35. The number of non-ortho nitro benzene ring substituents is 1. The lowest BCUT2D eigenvalue weighted by Crippen LogP contribution is -2.07. The van der Waals surface area contributed by atoms with E-state index in [0.29, 0.717) is 6.07 Å². The molecular weight excluding hydrogens is 282 g/mol. The fourth-order valence-corrected chi connectivity index (χ4v) is 1.59. The highest BCUT2D eigenvalue weighted by molar-refractivity contribution is 5.41. The first-order chi connectivity index (χ1) is 9.32. The van der Waals surface area contributed by atoms with E-state index in [0.717, 1.165) is 16.8 Å². The van der Waals surface area contributed by atoms with Crippen LogP contribution < -0.4 is 0 Å².